The van der Waals surface area contributed by atoms with Crippen LogP contribution >= 0.6 is 11.8 Å². The topological polar surface area (TPSA) is 55.2 Å². The average molecular weight is 418 g/mol. The number of amides is 2. The van der Waals surface area contributed by atoms with Crippen LogP contribution < -0.4 is 0 Å². The molecule has 30 heavy (non-hydrogen) atoms. The van der Waals surface area contributed by atoms with Crippen LogP contribution in [0.1, 0.15) is 28.9 Å². The number of hydrogen-bond donors (Lipinski definition) is 0. The fraction of sp³-hybridized carbons (Fsp3) is 0.208. The van der Waals surface area contributed by atoms with Crippen LogP contribution in [0.4, 0.5) is 4.79 Å². The number of hydrogen-bond acceptors (Lipinski definition) is 4. The number of aryl methyl sites for hydroxylation is 2. The molecule has 1 aromatic carbocycles. The van der Waals surface area contributed by atoms with Crippen LogP contribution in [0.25, 0.3) is 11.9 Å². The predicted octanol–water partition coefficient (Wildman–Crippen LogP) is 5.16. The molecule has 0 aliphatic carbocycles. The zero-order valence-electron chi connectivity index (χ0n) is 17.0. The molecule has 1 saturated heterocycles. The summed E-state index contributed by atoms with van der Waals surface area (Å²) in [4.78, 5) is 31.5. The van der Waals surface area contributed by atoms with Crippen molar-refractivity contribution in [1.29, 1.82) is 0 Å². The van der Waals surface area contributed by atoms with Gasteiger partial charge in [0.2, 0.25) is 0 Å². The van der Waals surface area contributed by atoms with E-state index in [1.165, 1.54) is 10.5 Å². The Kier molecular flexibility index (Phi) is 5.86. The zero-order valence-corrected chi connectivity index (χ0v) is 17.9. The Morgan fingerprint density at radius 1 is 1.03 bits per heavy atom. The number of carbonyl (C=O) groups excluding carboxylic acids is 2. The van der Waals surface area contributed by atoms with E-state index in [-0.39, 0.29) is 11.1 Å². The quantitative estimate of drug-likeness (QED) is 0.520. The second-order valence-corrected chi connectivity index (χ2v) is 8.27. The molecule has 1 aliphatic rings. The van der Waals surface area contributed by atoms with Gasteiger partial charge in [0.05, 0.1) is 4.91 Å². The van der Waals surface area contributed by atoms with Crippen LogP contribution in [0, 0.1) is 13.8 Å². The molecular weight excluding hydrogens is 394 g/mol. The van der Waals surface area contributed by atoms with E-state index in [9.17, 15) is 9.59 Å². The molecule has 2 aromatic heterocycles. The second kappa shape index (κ2) is 8.71. The lowest BCUT2D eigenvalue weighted by Gasteiger charge is -2.12. The monoisotopic (exact) mass is 417 g/mol. The summed E-state index contributed by atoms with van der Waals surface area (Å²) in [6.45, 7) is 4.44. The summed E-state index contributed by atoms with van der Waals surface area (Å²) in [5, 5.41) is -0.196. The van der Waals surface area contributed by atoms with E-state index < -0.39 is 0 Å². The van der Waals surface area contributed by atoms with E-state index in [1.54, 1.807) is 6.20 Å². The van der Waals surface area contributed by atoms with Crippen molar-refractivity contribution in [2.45, 2.75) is 26.7 Å². The molecule has 0 radical (unpaired) electrons. The van der Waals surface area contributed by atoms with Crippen molar-refractivity contribution in [3.8, 4) is 5.82 Å². The lowest BCUT2D eigenvalue weighted by atomic mass is 10.1. The van der Waals surface area contributed by atoms with Crippen molar-refractivity contribution < 1.29 is 9.59 Å². The minimum atomic E-state index is -0.208. The van der Waals surface area contributed by atoms with Gasteiger partial charge in [0.15, 0.2) is 0 Å². The van der Waals surface area contributed by atoms with Gasteiger partial charge in [-0.15, -0.1) is 0 Å². The molecule has 1 aliphatic heterocycles. The van der Waals surface area contributed by atoms with Crippen molar-refractivity contribution in [3.05, 3.63) is 88.2 Å². The minimum Gasteiger partial charge on any atom is -0.303 e. The first-order valence-corrected chi connectivity index (χ1v) is 10.8. The van der Waals surface area contributed by atoms with E-state index in [4.69, 9.17) is 0 Å². The molecule has 0 saturated carbocycles. The van der Waals surface area contributed by atoms with Crippen molar-refractivity contribution in [1.82, 2.24) is 14.5 Å². The van der Waals surface area contributed by atoms with Crippen molar-refractivity contribution in [2.75, 3.05) is 6.54 Å². The third kappa shape index (κ3) is 4.09. The van der Waals surface area contributed by atoms with Crippen molar-refractivity contribution in [2.24, 2.45) is 0 Å². The molecule has 0 unspecified atom stereocenters. The molecule has 4 rings (SSSR count). The highest BCUT2D eigenvalue weighted by atomic mass is 32.2. The van der Waals surface area contributed by atoms with Gasteiger partial charge in [-0.1, -0.05) is 36.4 Å². The van der Waals surface area contributed by atoms with Crippen LogP contribution in [0.15, 0.2) is 65.7 Å². The van der Waals surface area contributed by atoms with Gasteiger partial charge in [-0.05, 0) is 73.9 Å². The summed E-state index contributed by atoms with van der Waals surface area (Å²) in [6, 6.07) is 17.9. The lowest BCUT2D eigenvalue weighted by Crippen LogP contribution is -2.29. The van der Waals surface area contributed by atoms with E-state index >= 15 is 0 Å². The Labute approximate surface area is 180 Å². The first kappa shape index (κ1) is 20.2. The van der Waals surface area contributed by atoms with Gasteiger partial charge in [-0.3, -0.25) is 14.5 Å². The fourth-order valence-electron chi connectivity index (χ4n) is 3.69. The summed E-state index contributed by atoms with van der Waals surface area (Å²) in [5.41, 5.74) is 4.15. The smallest absolute Gasteiger partial charge is 0.293 e. The van der Waals surface area contributed by atoms with Crippen molar-refractivity contribution >= 4 is 29.0 Å². The molecule has 5 nitrogen and oxygen atoms in total. The number of aromatic nitrogens is 2. The molecule has 3 heterocycles. The summed E-state index contributed by atoms with van der Waals surface area (Å²) in [6.07, 6.45) is 5.18. The molecule has 152 valence electrons. The predicted molar refractivity (Wildman–Crippen MR) is 120 cm³/mol. The zero-order chi connectivity index (χ0) is 21.1. The van der Waals surface area contributed by atoms with Gasteiger partial charge >= 0.3 is 0 Å². The van der Waals surface area contributed by atoms with Gasteiger partial charge in [-0.25, -0.2) is 4.98 Å². The summed E-state index contributed by atoms with van der Waals surface area (Å²) >= 11 is 1.02. The number of nitrogens with zero attached hydrogens (tertiary/aromatic N) is 3. The third-order valence-electron chi connectivity index (χ3n) is 5.20. The first-order chi connectivity index (χ1) is 14.5. The standard InChI is InChI=1S/C24H23N3O2S/c1-17-15-20(18(2)27(17)22-12-6-7-13-25-22)16-21-23(28)26(24(29)30-21)14-8-11-19-9-4-3-5-10-19/h3-7,9-10,12-13,15-16H,8,11,14H2,1-2H3/b21-16+. The minimum absolute atomic E-state index is 0.196. The van der Waals surface area contributed by atoms with E-state index in [0.717, 1.165) is 47.4 Å². The summed E-state index contributed by atoms with van der Waals surface area (Å²) in [5.74, 6) is 0.627. The van der Waals surface area contributed by atoms with Crippen LogP contribution in [0.3, 0.4) is 0 Å². The van der Waals surface area contributed by atoms with Gasteiger partial charge in [0.25, 0.3) is 11.1 Å². The van der Waals surface area contributed by atoms with E-state index in [1.807, 2.05) is 62.4 Å². The van der Waals surface area contributed by atoms with Crippen LogP contribution in [-0.2, 0) is 11.2 Å². The van der Waals surface area contributed by atoms with Gasteiger partial charge in [-0.2, -0.15) is 0 Å². The largest absolute Gasteiger partial charge is 0.303 e. The Hall–Kier alpha value is -3.12. The van der Waals surface area contributed by atoms with Gasteiger partial charge in [0, 0.05) is 24.1 Å². The third-order valence-corrected chi connectivity index (χ3v) is 6.11. The second-order valence-electron chi connectivity index (χ2n) is 7.27. The maximum absolute atomic E-state index is 12.8. The molecule has 6 heteroatoms. The maximum Gasteiger partial charge on any atom is 0.293 e. The Balaban J connectivity index is 1.50. The molecule has 0 spiro atoms. The number of benzene rings is 1. The Morgan fingerprint density at radius 2 is 1.80 bits per heavy atom. The molecule has 3 aromatic rings. The highest BCUT2D eigenvalue weighted by Gasteiger charge is 2.34. The SMILES string of the molecule is Cc1cc(/C=C2/SC(=O)N(CCCc3ccccc3)C2=O)c(C)n1-c1ccccn1. The lowest BCUT2D eigenvalue weighted by molar-refractivity contribution is -0.122. The van der Waals surface area contributed by atoms with Crippen LogP contribution in [0.2, 0.25) is 0 Å². The summed E-state index contributed by atoms with van der Waals surface area (Å²) < 4.78 is 2.05. The highest BCUT2D eigenvalue weighted by molar-refractivity contribution is 8.18. The Bertz CT molecular complexity index is 1100. The molecular formula is C24H23N3O2S. The van der Waals surface area contributed by atoms with Crippen molar-refractivity contribution in [3.63, 3.8) is 0 Å². The average Bonchev–Trinajstić information content (AvgIpc) is 3.18. The van der Waals surface area contributed by atoms with E-state index in [2.05, 4.69) is 21.7 Å². The number of thioether (sulfide) groups is 1. The summed E-state index contributed by atoms with van der Waals surface area (Å²) in [7, 11) is 0. The number of rotatable bonds is 6. The number of pyridine rings is 1. The molecule has 2 amide bonds. The van der Waals surface area contributed by atoms with Crippen LogP contribution in [0.5, 0.6) is 0 Å². The molecule has 0 N–H and O–H groups in total. The fourth-order valence-corrected chi connectivity index (χ4v) is 4.55. The number of carbonyl (C=O) groups is 2. The molecule has 0 bridgehead atoms. The van der Waals surface area contributed by atoms with E-state index in [0.29, 0.717) is 11.4 Å². The first-order valence-electron chi connectivity index (χ1n) is 9.94. The maximum atomic E-state index is 12.8. The highest BCUT2D eigenvalue weighted by Crippen LogP contribution is 2.33. The number of imide groups is 1. The Morgan fingerprint density at radius 3 is 2.53 bits per heavy atom. The van der Waals surface area contributed by atoms with Crippen LogP contribution in [-0.4, -0.2) is 32.1 Å². The van der Waals surface area contributed by atoms with Gasteiger partial charge in [0.1, 0.15) is 5.82 Å². The normalized spacial score (nSPS) is 15.4. The van der Waals surface area contributed by atoms with Gasteiger partial charge < -0.3 is 4.57 Å². The molecule has 0 atom stereocenters. The molecule has 1 fully saturated rings.